The van der Waals surface area contributed by atoms with E-state index < -0.39 is 0 Å². The summed E-state index contributed by atoms with van der Waals surface area (Å²) >= 11 is 0. The molecule has 15 heavy (non-hydrogen) atoms. The second-order valence-corrected chi connectivity index (χ2v) is 5.28. The number of rotatable bonds is 2. The Morgan fingerprint density at radius 3 is 2.47 bits per heavy atom. The average Bonchev–Trinajstić information content (AvgIpc) is 2.58. The van der Waals surface area contributed by atoms with Crippen molar-refractivity contribution in [1.82, 2.24) is 10.6 Å². The fraction of sp³-hybridized carbons (Fsp3) is 0.917. The molecule has 0 radical (unpaired) electrons. The van der Waals surface area contributed by atoms with Gasteiger partial charge < -0.3 is 10.6 Å². The number of carbonyl (C=O) groups excluding carboxylic acids is 1. The maximum Gasteiger partial charge on any atom is 0.221 e. The lowest BCUT2D eigenvalue weighted by Gasteiger charge is -2.37. The van der Waals surface area contributed by atoms with E-state index in [0.29, 0.717) is 18.5 Å². The molecule has 1 saturated carbocycles. The molecule has 86 valence electrons. The van der Waals surface area contributed by atoms with Gasteiger partial charge in [0.1, 0.15) is 0 Å². The predicted octanol–water partition coefficient (Wildman–Crippen LogP) is 1.29. The van der Waals surface area contributed by atoms with E-state index in [9.17, 15) is 4.79 Å². The largest absolute Gasteiger partial charge is 0.354 e. The number of nitrogens with one attached hydrogen (secondary N) is 2. The van der Waals surface area contributed by atoms with Crippen molar-refractivity contribution in [2.24, 2.45) is 11.8 Å². The molecule has 3 atom stereocenters. The number of amides is 1. The Bertz CT molecular complexity index is 232. The van der Waals surface area contributed by atoms with Gasteiger partial charge in [-0.15, -0.1) is 0 Å². The monoisotopic (exact) mass is 210 g/mol. The molecule has 3 heteroatoms. The lowest BCUT2D eigenvalue weighted by molar-refractivity contribution is -0.119. The fourth-order valence-electron chi connectivity index (χ4n) is 3.01. The minimum atomic E-state index is 0.198. The first-order chi connectivity index (χ1) is 7.16. The van der Waals surface area contributed by atoms with Crippen molar-refractivity contribution in [2.75, 3.05) is 6.54 Å². The van der Waals surface area contributed by atoms with Gasteiger partial charge in [0.2, 0.25) is 5.91 Å². The van der Waals surface area contributed by atoms with Crippen molar-refractivity contribution >= 4 is 5.91 Å². The Kier molecular flexibility index (Phi) is 3.29. The Hall–Kier alpha value is -0.570. The van der Waals surface area contributed by atoms with Crippen molar-refractivity contribution in [3.63, 3.8) is 0 Å². The zero-order chi connectivity index (χ0) is 10.8. The standard InChI is InChI=1S/C12H22N2O/c1-8-4-3-5-9(2)12(8)14-10-6-11(15)13-7-10/h8-10,12,14H,3-7H2,1-2H3,(H,13,15). The molecule has 2 rings (SSSR count). The van der Waals surface area contributed by atoms with Crippen LogP contribution in [0.25, 0.3) is 0 Å². The molecule has 0 spiro atoms. The van der Waals surface area contributed by atoms with Gasteiger partial charge in [0.25, 0.3) is 0 Å². The zero-order valence-electron chi connectivity index (χ0n) is 9.75. The summed E-state index contributed by atoms with van der Waals surface area (Å²) in [5, 5.41) is 6.55. The summed E-state index contributed by atoms with van der Waals surface area (Å²) in [7, 11) is 0. The quantitative estimate of drug-likeness (QED) is 0.721. The lowest BCUT2D eigenvalue weighted by Crippen LogP contribution is -2.48. The molecular formula is C12H22N2O. The summed E-state index contributed by atoms with van der Waals surface area (Å²) in [4.78, 5) is 11.1. The summed E-state index contributed by atoms with van der Waals surface area (Å²) in [6.07, 6.45) is 4.69. The number of carbonyl (C=O) groups is 1. The van der Waals surface area contributed by atoms with Crippen molar-refractivity contribution in [3.05, 3.63) is 0 Å². The molecular weight excluding hydrogens is 188 g/mol. The van der Waals surface area contributed by atoms with Gasteiger partial charge in [-0.2, -0.15) is 0 Å². The highest BCUT2D eigenvalue weighted by atomic mass is 16.1. The molecule has 2 aliphatic rings. The third-order valence-electron chi connectivity index (χ3n) is 3.95. The van der Waals surface area contributed by atoms with Gasteiger partial charge in [0.15, 0.2) is 0 Å². The molecule has 1 aliphatic carbocycles. The van der Waals surface area contributed by atoms with Crippen molar-refractivity contribution in [3.8, 4) is 0 Å². The summed E-state index contributed by atoms with van der Waals surface area (Å²) in [5.41, 5.74) is 0. The molecule has 1 aliphatic heterocycles. The van der Waals surface area contributed by atoms with E-state index in [1.165, 1.54) is 19.3 Å². The summed E-state index contributed by atoms with van der Waals surface area (Å²) in [6.45, 7) is 5.48. The third kappa shape index (κ3) is 2.51. The molecule has 1 amide bonds. The Balaban J connectivity index is 1.88. The molecule has 1 heterocycles. The molecule has 3 unspecified atom stereocenters. The van der Waals surface area contributed by atoms with E-state index in [-0.39, 0.29) is 5.91 Å². The summed E-state index contributed by atoms with van der Waals surface area (Å²) < 4.78 is 0. The van der Waals surface area contributed by atoms with Crippen LogP contribution >= 0.6 is 0 Å². The maximum absolute atomic E-state index is 11.1. The number of hydrogen-bond acceptors (Lipinski definition) is 2. The van der Waals surface area contributed by atoms with Crippen LogP contribution in [0.15, 0.2) is 0 Å². The smallest absolute Gasteiger partial charge is 0.221 e. The Morgan fingerprint density at radius 2 is 1.93 bits per heavy atom. The summed E-state index contributed by atoms with van der Waals surface area (Å²) in [6, 6.07) is 0.974. The number of hydrogen-bond donors (Lipinski definition) is 2. The van der Waals surface area contributed by atoms with Gasteiger partial charge in [-0.1, -0.05) is 20.3 Å². The van der Waals surface area contributed by atoms with E-state index >= 15 is 0 Å². The summed E-state index contributed by atoms with van der Waals surface area (Å²) in [5.74, 6) is 1.71. The molecule has 1 saturated heterocycles. The van der Waals surface area contributed by atoms with Crippen molar-refractivity contribution in [2.45, 2.75) is 51.6 Å². The second kappa shape index (κ2) is 4.52. The topological polar surface area (TPSA) is 41.1 Å². The SMILES string of the molecule is CC1CCCC(C)C1NC1CNC(=O)C1. The minimum absolute atomic E-state index is 0.198. The fourth-order valence-corrected chi connectivity index (χ4v) is 3.01. The highest BCUT2D eigenvalue weighted by molar-refractivity contribution is 5.78. The normalized spacial score (nSPS) is 41.6. The van der Waals surface area contributed by atoms with Gasteiger partial charge in [-0.3, -0.25) is 4.79 Å². The van der Waals surface area contributed by atoms with Crippen LogP contribution in [0.4, 0.5) is 0 Å². The van der Waals surface area contributed by atoms with Crippen LogP contribution in [-0.4, -0.2) is 24.5 Å². The van der Waals surface area contributed by atoms with Crippen LogP contribution in [-0.2, 0) is 4.79 Å². The van der Waals surface area contributed by atoms with E-state index in [1.807, 2.05) is 0 Å². The van der Waals surface area contributed by atoms with Gasteiger partial charge >= 0.3 is 0 Å². The van der Waals surface area contributed by atoms with Crippen molar-refractivity contribution in [1.29, 1.82) is 0 Å². The van der Waals surface area contributed by atoms with Gasteiger partial charge in [0, 0.05) is 25.0 Å². The molecule has 3 nitrogen and oxygen atoms in total. The minimum Gasteiger partial charge on any atom is -0.354 e. The maximum atomic E-state index is 11.1. The first kappa shape index (κ1) is 10.9. The zero-order valence-corrected chi connectivity index (χ0v) is 9.75. The average molecular weight is 210 g/mol. The molecule has 2 fully saturated rings. The first-order valence-corrected chi connectivity index (χ1v) is 6.19. The third-order valence-corrected chi connectivity index (χ3v) is 3.95. The predicted molar refractivity (Wildman–Crippen MR) is 60.5 cm³/mol. The van der Waals surface area contributed by atoms with Crippen LogP contribution in [0.1, 0.15) is 39.5 Å². The van der Waals surface area contributed by atoms with Crippen LogP contribution in [0.3, 0.4) is 0 Å². The Labute approximate surface area is 92.0 Å². The van der Waals surface area contributed by atoms with Crippen molar-refractivity contribution < 1.29 is 4.79 Å². The molecule has 0 bridgehead atoms. The van der Waals surface area contributed by atoms with Crippen LogP contribution in [0, 0.1) is 11.8 Å². The van der Waals surface area contributed by atoms with E-state index in [1.54, 1.807) is 0 Å². The van der Waals surface area contributed by atoms with Crippen LogP contribution in [0.2, 0.25) is 0 Å². The molecule has 0 aromatic carbocycles. The van der Waals surface area contributed by atoms with Gasteiger partial charge in [0.05, 0.1) is 0 Å². The molecule has 2 N–H and O–H groups in total. The highest BCUT2D eigenvalue weighted by Gasteiger charge is 2.31. The van der Waals surface area contributed by atoms with Crippen LogP contribution < -0.4 is 10.6 Å². The second-order valence-electron chi connectivity index (χ2n) is 5.28. The van der Waals surface area contributed by atoms with Gasteiger partial charge in [-0.05, 0) is 24.7 Å². The van der Waals surface area contributed by atoms with E-state index in [0.717, 1.165) is 18.4 Å². The first-order valence-electron chi connectivity index (χ1n) is 6.19. The molecule has 0 aromatic rings. The van der Waals surface area contributed by atoms with Crippen LogP contribution in [0.5, 0.6) is 0 Å². The van der Waals surface area contributed by atoms with E-state index in [4.69, 9.17) is 0 Å². The van der Waals surface area contributed by atoms with E-state index in [2.05, 4.69) is 24.5 Å². The molecule has 0 aromatic heterocycles. The van der Waals surface area contributed by atoms with Gasteiger partial charge in [-0.25, -0.2) is 0 Å². The highest BCUT2D eigenvalue weighted by Crippen LogP contribution is 2.29. The lowest BCUT2D eigenvalue weighted by atomic mass is 9.78. The Morgan fingerprint density at radius 1 is 1.27 bits per heavy atom.